The summed E-state index contributed by atoms with van der Waals surface area (Å²) >= 11 is 6.10. The van der Waals surface area contributed by atoms with Crippen LogP contribution in [0.2, 0.25) is 5.02 Å². The van der Waals surface area contributed by atoms with Crippen molar-refractivity contribution >= 4 is 29.2 Å². The number of hydrogen-bond acceptors (Lipinski definition) is 4. The number of ether oxygens (including phenoxy) is 1. The van der Waals surface area contributed by atoms with Gasteiger partial charge < -0.3 is 10.1 Å². The van der Waals surface area contributed by atoms with Crippen LogP contribution in [0.1, 0.15) is 26.4 Å². The number of hydrogen-bond donors (Lipinski definition) is 1. The minimum Gasteiger partial charge on any atom is -0.465 e. The summed E-state index contributed by atoms with van der Waals surface area (Å²) in [6.07, 6.45) is 1.34. The molecule has 0 saturated carbocycles. The number of nitrogens with zero attached hydrogens (tertiary/aromatic N) is 2. The number of anilines is 1. The largest absolute Gasteiger partial charge is 0.465 e. The van der Waals surface area contributed by atoms with Crippen molar-refractivity contribution in [3.63, 3.8) is 0 Å². The third-order valence-electron chi connectivity index (χ3n) is 3.97. The van der Waals surface area contributed by atoms with Crippen molar-refractivity contribution in [2.75, 3.05) is 12.4 Å². The molecule has 6 nitrogen and oxygen atoms in total. The van der Waals surface area contributed by atoms with Crippen LogP contribution in [-0.2, 0) is 4.74 Å². The van der Waals surface area contributed by atoms with Crippen LogP contribution in [0.3, 0.4) is 0 Å². The van der Waals surface area contributed by atoms with Gasteiger partial charge >= 0.3 is 5.97 Å². The molecule has 3 rings (SSSR count). The van der Waals surface area contributed by atoms with Crippen LogP contribution in [0.4, 0.5) is 10.1 Å². The summed E-state index contributed by atoms with van der Waals surface area (Å²) in [4.78, 5) is 24.3. The highest BCUT2D eigenvalue weighted by molar-refractivity contribution is 6.34. The van der Waals surface area contributed by atoms with E-state index in [0.717, 1.165) is 0 Å². The summed E-state index contributed by atoms with van der Waals surface area (Å²) in [7, 11) is 1.26. The van der Waals surface area contributed by atoms with E-state index in [1.165, 1.54) is 42.3 Å². The summed E-state index contributed by atoms with van der Waals surface area (Å²) in [5.41, 5.74) is 1.44. The van der Waals surface area contributed by atoms with Gasteiger partial charge in [-0.15, -0.1) is 0 Å². The van der Waals surface area contributed by atoms with E-state index in [-0.39, 0.29) is 27.5 Å². The fourth-order valence-electron chi connectivity index (χ4n) is 2.55. The molecule has 0 atom stereocenters. The molecule has 0 aliphatic carbocycles. The van der Waals surface area contributed by atoms with Gasteiger partial charge in [-0.1, -0.05) is 23.7 Å². The zero-order valence-corrected chi connectivity index (χ0v) is 15.2. The Bertz CT molecular complexity index is 1030. The van der Waals surface area contributed by atoms with Gasteiger partial charge in [0.2, 0.25) is 0 Å². The molecular formula is C19H15ClFN3O3. The SMILES string of the molecule is COC(=O)c1ccc(Cl)c(NC(=O)c2cnn(-c3ccccc3F)c2C)c1. The lowest BCUT2D eigenvalue weighted by atomic mass is 10.2. The highest BCUT2D eigenvalue weighted by Crippen LogP contribution is 2.25. The number of rotatable bonds is 4. The molecule has 0 spiro atoms. The number of benzene rings is 2. The highest BCUT2D eigenvalue weighted by Gasteiger charge is 2.18. The molecule has 0 aliphatic rings. The third kappa shape index (κ3) is 3.68. The lowest BCUT2D eigenvalue weighted by Crippen LogP contribution is -2.14. The standard InChI is InChI=1S/C19H15ClFN3O3/c1-11-13(10-22-24(11)17-6-4-3-5-15(17)21)18(25)23-16-9-12(19(26)27-2)7-8-14(16)20/h3-10H,1-2H3,(H,23,25). The normalized spacial score (nSPS) is 10.5. The predicted octanol–water partition coefficient (Wildman–Crippen LogP) is 4.01. The van der Waals surface area contributed by atoms with E-state index in [2.05, 4.69) is 15.2 Å². The average Bonchev–Trinajstić information content (AvgIpc) is 3.04. The van der Waals surface area contributed by atoms with Crippen molar-refractivity contribution in [1.82, 2.24) is 9.78 Å². The molecule has 0 radical (unpaired) electrons. The molecule has 1 amide bonds. The second-order valence-corrected chi connectivity index (χ2v) is 6.05. The smallest absolute Gasteiger partial charge is 0.337 e. The second kappa shape index (κ2) is 7.59. The van der Waals surface area contributed by atoms with E-state index in [1.807, 2.05) is 0 Å². The van der Waals surface area contributed by atoms with Crippen LogP contribution >= 0.6 is 11.6 Å². The van der Waals surface area contributed by atoms with Crippen LogP contribution in [0.25, 0.3) is 5.69 Å². The molecule has 1 aromatic heterocycles. The zero-order valence-electron chi connectivity index (χ0n) is 14.5. The predicted molar refractivity (Wildman–Crippen MR) is 99.0 cm³/mol. The van der Waals surface area contributed by atoms with Crippen LogP contribution in [0, 0.1) is 12.7 Å². The Morgan fingerprint density at radius 1 is 1.22 bits per heavy atom. The number of amides is 1. The summed E-state index contributed by atoms with van der Waals surface area (Å²) in [6.45, 7) is 1.65. The average molecular weight is 388 g/mol. The van der Waals surface area contributed by atoms with Gasteiger partial charge in [-0.2, -0.15) is 5.10 Å². The van der Waals surface area contributed by atoms with Crippen LogP contribution in [-0.4, -0.2) is 28.8 Å². The Morgan fingerprint density at radius 2 is 1.96 bits per heavy atom. The first kappa shape index (κ1) is 18.6. The number of para-hydroxylation sites is 1. The lowest BCUT2D eigenvalue weighted by molar-refractivity contribution is 0.0600. The van der Waals surface area contributed by atoms with Crippen molar-refractivity contribution in [2.45, 2.75) is 6.92 Å². The van der Waals surface area contributed by atoms with Crippen molar-refractivity contribution < 1.29 is 18.7 Å². The van der Waals surface area contributed by atoms with Gasteiger partial charge in [0, 0.05) is 0 Å². The van der Waals surface area contributed by atoms with Gasteiger partial charge in [0.25, 0.3) is 5.91 Å². The summed E-state index contributed by atoms with van der Waals surface area (Å²) in [5, 5.41) is 7.00. The maximum atomic E-state index is 14.0. The van der Waals surface area contributed by atoms with Crippen molar-refractivity contribution in [3.05, 3.63) is 76.3 Å². The highest BCUT2D eigenvalue weighted by atomic mass is 35.5. The van der Waals surface area contributed by atoms with Crippen LogP contribution < -0.4 is 5.32 Å². The number of esters is 1. The molecule has 8 heteroatoms. The van der Waals surface area contributed by atoms with E-state index in [1.54, 1.807) is 25.1 Å². The first-order chi connectivity index (χ1) is 12.9. The third-order valence-corrected chi connectivity index (χ3v) is 4.30. The number of carbonyl (C=O) groups is 2. The molecule has 27 heavy (non-hydrogen) atoms. The van der Waals surface area contributed by atoms with Gasteiger partial charge in [0.05, 0.1) is 40.8 Å². The molecule has 3 aromatic rings. The van der Waals surface area contributed by atoms with Crippen molar-refractivity contribution in [3.8, 4) is 5.69 Å². The van der Waals surface area contributed by atoms with Gasteiger partial charge in [-0.25, -0.2) is 13.9 Å². The first-order valence-electron chi connectivity index (χ1n) is 7.91. The molecule has 1 heterocycles. The molecule has 0 saturated heterocycles. The molecular weight excluding hydrogens is 373 g/mol. The summed E-state index contributed by atoms with van der Waals surface area (Å²) in [5.74, 6) is -1.49. The van der Waals surface area contributed by atoms with E-state index < -0.39 is 17.7 Å². The maximum absolute atomic E-state index is 14.0. The molecule has 0 bridgehead atoms. The van der Waals surface area contributed by atoms with E-state index in [0.29, 0.717) is 5.69 Å². The molecule has 138 valence electrons. The number of halogens is 2. The summed E-state index contributed by atoms with van der Waals surface area (Å²) in [6, 6.07) is 10.5. The lowest BCUT2D eigenvalue weighted by Gasteiger charge is -2.09. The fourth-order valence-corrected chi connectivity index (χ4v) is 2.72. The van der Waals surface area contributed by atoms with Gasteiger partial charge in [-0.3, -0.25) is 4.79 Å². The Hall–Kier alpha value is -3.19. The van der Waals surface area contributed by atoms with E-state index in [9.17, 15) is 14.0 Å². The Balaban J connectivity index is 1.90. The summed E-state index contributed by atoms with van der Waals surface area (Å²) < 4.78 is 20.0. The Labute approximate surface area is 159 Å². The van der Waals surface area contributed by atoms with Crippen molar-refractivity contribution in [1.29, 1.82) is 0 Å². The van der Waals surface area contributed by atoms with Crippen LogP contribution in [0.15, 0.2) is 48.7 Å². The fraction of sp³-hybridized carbons (Fsp3) is 0.105. The molecule has 0 fully saturated rings. The molecule has 0 unspecified atom stereocenters. The van der Waals surface area contributed by atoms with E-state index in [4.69, 9.17) is 11.6 Å². The quantitative estimate of drug-likeness (QED) is 0.686. The Kier molecular flexibility index (Phi) is 5.23. The maximum Gasteiger partial charge on any atom is 0.337 e. The number of methoxy groups -OCH3 is 1. The second-order valence-electron chi connectivity index (χ2n) is 5.65. The topological polar surface area (TPSA) is 73.2 Å². The first-order valence-corrected chi connectivity index (χ1v) is 8.29. The molecule has 1 N–H and O–H groups in total. The van der Waals surface area contributed by atoms with Gasteiger partial charge in [0.1, 0.15) is 11.5 Å². The number of nitrogens with one attached hydrogen (secondary N) is 1. The zero-order chi connectivity index (χ0) is 19.6. The van der Waals surface area contributed by atoms with Gasteiger partial charge in [-0.05, 0) is 37.3 Å². The van der Waals surface area contributed by atoms with Crippen LogP contribution in [0.5, 0.6) is 0 Å². The monoisotopic (exact) mass is 387 g/mol. The van der Waals surface area contributed by atoms with Gasteiger partial charge in [0.15, 0.2) is 0 Å². The Morgan fingerprint density at radius 3 is 2.67 bits per heavy atom. The minimum atomic E-state index is -0.550. The molecule has 0 aliphatic heterocycles. The van der Waals surface area contributed by atoms with E-state index >= 15 is 0 Å². The minimum absolute atomic E-state index is 0.236. The number of carbonyl (C=O) groups excluding carboxylic acids is 2. The number of aromatic nitrogens is 2. The van der Waals surface area contributed by atoms with Crippen molar-refractivity contribution in [2.24, 2.45) is 0 Å². The molecule has 2 aromatic carbocycles.